The van der Waals surface area contributed by atoms with Gasteiger partial charge in [0.15, 0.2) is 0 Å². The Balaban J connectivity index is 2.08. The van der Waals surface area contributed by atoms with Gasteiger partial charge in [0.05, 0.1) is 12.0 Å². The van der Waals surface area contributed by atoms with Crippen molar-refractivity contribution in [2.24, 2.45) is 5.73 Å². The average molecular weight is 326 g/mol. The first-order chi connectivity index (χ1) is 10.1. The molecule has 0 atom stereocenters. The molecule has 1 aromatic heterocycles. The number of thiophene rings is 1. The number of hydrogen-bond donors (Lipinski definition) is 2. The maximum atomic E-state index is 12.2. The molecule has 2 aromatic rings. The van der Waals surface area contributed by atoms with Gasteiger partial charge in [-0.3, -0.25) is 0 Å². The Hall–Kier alpha value is -1.41. The van der Waals surface area contributed by atoms with Crippen LogP contribution in [0.1, 0.15) is 11.1 Å². The Bertz CT molecular complexity index is 682. The summed E-state index contributed by atoms with van der Waals surface area (Å²) < 4.78 is 32.2. The summed E-state index contributed by atoms with van der Waals surface area (Å²) in [6.07, 6.45) is 0.669. The van der Waals surface area contributed by atoms with Crippen molar-refractivity contribution < 1.29 is 13.2 Å². The van der Waals surface area contributed by atoms with Crippen LogP contribution >= 0.6 is 11.3 Å². The van der Waals surface area contributed by atoms with Crippen LogP contribution in [0.2, 0.25) is 0 Å². The van der Waals surface area contributed by atoms with E-state index in [9.17, 15) is 8.42 Å². The summed E-state index contributed by atoms with van der Waals surface area (Å²) in [7, 11) is -2.00. The van der Waals surface area contributed by atoms with Crippen LogP contribution < -0.4 is 15.2 Å². The van der Waals surface area contributed by atoms with Crippen molar-refractivity contribution in [2.75, 3.05) is 13.7 Å². The zero-order valence-corrected chi connectivity index (χ0v) is 13.3. The van der Waals surface area contributed by atoms with Gasteiger partial charge in [0.2, 0.25) is 10.0 Å². The first-order valence-corrected chi connectivity index (χ1v) is 8.87. The molecule has 21 heavy (non-hydrogen) atoms. The van der Waals surface area contributed by atoms with Crippen molar-refractivity contribution >= 4 is 21.4 Å². The molecule has 0 radical (unpaired) electrons. The van der Waals surface area contributed by atoms with Crippen molar-refractivity contribution in [3.8, 4) is 5.75 Å². The number of nitrogens with one attached hydrogen (secondary N) is 1. The minimum absolute atomic E-state index is 0.203. The van der Waals surface area contributed by atoms with E-state index in [-0.39, 0.29) is 11.4 Å². The molecule has 1 heterocycles. The summed E-state index contributed by atoms with van der Waals surface area (Å²) in [6.45, 7) is 0.588. The molecule has 0 aliphatic carbocycles. The summed E-state index contributed by atoms with van der Waals surface area (Å²) in [6, 6.07) is 6.67. The topological polar surface area (TPSA) is 81.4 Å². The van der Waals surface area contributed by atoms with Crippen molar-refractivity contribution in [3.63, 3.8) is 0 Å². The number of nitrogens with two attached hydrogens (primary N) is 1. The van der Waals surface area contributed by atoms with Crippen LogP contribution in [0, 0.1) is 0 Å². The van der Waals surface area contributed by atoms with Gasteiger partial charge in [0.25, 0.3) is 0 Å². The number of benzene rings is 1. The van der Waals surface area contributed by atoms with Crippen LogP contribution in [0.15, 0.2) is 39.9 Å². The molecule has 114 valence electrons. The van der Waals surface area contributed by atoms with E-state index < -0.39 is 10.0 Å². The first-order valence-electron chi connectivity index (χ1n) is 6.44. The highest BCUT2D eigenvalue weighted by atomic mass is 32.2. The third-order valence-corrected chi connectivity index (χ3v) is 5.26. The molecule has 0 aliphatic rings. The highest BCUT2D eigenvalue weighted by Crippen LogP contribution is 2.21. The minimum Gasteiger partial charge on any atom is -0.496 e. The number of ether oxygens (including phenoxy) is 1. The molecule has 0 amide bonds. The third-order valence-electron chi connectivity index (χ3n) is 3.07. The molecule has 2 rings (SSSR count). The van der Waals surface area contributed by atoms with E-state index in [0.29, 0.717) is 24.3 Å². The molecular formula is C14H18N2O3S2. The predicted octanol–water partition coefficient (Wildman–Crippen LogP) is 1.74. The predicted molar refractivity (Wildman–Crippen MR) is 84.1 cm³/mol. The summed E-state index contributed by atoms with van der Waals surface area (Å²) in [4.78, 5) is 0.203. The Labute approximate surface area is 128 Å². The normalized spacial score (nSPS) is 11.5. The molecule has 0 bridgehead atoms. The second kappa shape index (κ2) is 7.04. The van der Waals surface area contributed by atoms with Crippen LogP contribution in [-0.4, -0.2) is 22.1 Å². The van der Waals surface area contributed by atoms with Gasteiger partial charge in [-0.15, -0.1) is 0 Å². The molecule has 0 unspecified atom stereocenters. The second-order valence-electron chi connectivity index (χ2n) is 4.46. The highest BCUT2D eigenvalue weighted by molar-refractivity contribution is 7.89. The third kappa shape index (κ3) is 4.04. The molecule has 0 aliphatic heterocycles. The van der Waals surface area contributed by atoms with Crippen LogP contribution in [0.5, 0.6) is 5.75 Å². The average Bonchev–Trinajstić information content (AvgIpc) is 2.99. The minimum atomic E-state index is -3.53. The van der Waals surface area contributed by atoms with Crippen LogP contribution in [0.4, 0.5) is 0 Å². The zero-order chi connectivity index (χ0) is 15.3. The van der Waals surface area contributed by atoms with Gasteiger partial charge in [-0.1, -0.05) is 0 Å². The number of hydrogen-bond acceptors (Lipinski definition) is 5. The van der Waals surface area contributed by atoms with Gasteiger partial charge in [-0.05, 0) is 47.0 Å². The molecular weight excluding hydrogens is 308 g/mol. The summed E-state index contributed by atoms with van der Waals surface area (Å²) in [5.41, 5.74) is 7.40. The maximum Gasteiger partial charge on any atom is 0.240 e. The second-order valence-corrected chi connectivity index (χ2v) is 7.00. The van der Waals surface area contributed by atoms with Gasteiger partial charge < -0.3 is 10.5 Å². The molecule has 7 heteroatoms. The van der Waals surface area contributed by atoms with Crippen molar-refractivity contribution in [3.05, 3.63) is 46.2 Å². The van der Waals surface area contributed by atoms with Gasteiger partial charge >= 0.3 is 0 Å². The molecule has 0 saturated heterocycles. The van der Waals surface area contributed by atoms with Crippen molar-refractivity contribution in [1.82, 2.24) is 4.72 Å². The first kappa shape index (κ1) is 16.0. The quantitative estimate of drug-likeness (QED) is 0.812. The highest BCUT2D eigenvalue weighted by Gasteiger charge is 2.15. The lowest BCUT2D eigenvalue weighted by atomic mass is 10.2. The van der Waals surface area contributed by atoms with Crippen LogP contribution in [0.3, 0.4) is 0 Å². The Morgan fingerprint density at radius 2 is 2.14 bits per heavy atom. The standard InChI is InChI=1S/C14H18N2O3S2/c1-19-14-3-2-13(8-12(14)9-15)21(17,18)16-6-4-11-5-7-20-10-11/h2-3,5,7-8,10,16H,4,6,9,15H2,1H3. The number of sulfonamides is 1. The van der Waals surface area contributed by atoms with E-state index >= 15 is 0 Å². The van der Waals surface area contributed by atoms with Crippen LogP contribution in [-0.2, 0) is 23.0 Å². The fourth-order valence-electron chi connectivity index (χ4n) is 1.93. The Morgan fingerprint density at radius 1 is 1.33 bits per heavy atom. The van der Waals surface area contributed by atoms with Gasteiger partial charge in [0.1, 0.15) is 5.75 Å². The Morgan fingerprint density at radius 3 is 2.76 bits per heavy atom. The van der Waals surface area contributed by atoms with E-state index in [4.69, 9.17) is 10.5 Å². The largest absolute Gasteiger partial charge is 0.496 e. The number of rotatable bonds is 7. The molecule has 0 saturated carbocycles. The van der Waals surface area contributed by atoms with Gasteiger partial charge in [-0.25, -0.2) is 13.1 Å². The molecule has 5 nitrogen and oxygen atoms in total. The zero-order valence-electron chi connectivity index (χ0n) is 11.7. The summed E-state index contributed by atoms with van der Waals surface area (Å²) in [5, 5.41) is 3.98. The summed E-state index contributed by atoms with van der Waals surface area (Å²) in [5.74, 6) is 0.592. The van der Waals surface area contributed by atoms with Crippen LogP contribution in [0.25, 0.3) is 0 Å². The van der Waals surface area contributed by atoms with E-state index in [0.717, 1.165) is 5.56 Å². The van der Waals surface area contributed by atoms with E-state index in [1.165, 1.54) is 13.2 Å². The molecule has 0 fully saturated rings. The van der Waals surface area contributed by atoms with Crippen molar-refractivity contribution in [1.29, 1.82) is 0 Å². The summed E-state index contributed by atoms with van der Waals surface area (Å²) >= 11 is 1.60. The molecule has 0 spiro atoms. The Kier molecular flexibility index (Phi) is 5.35. The number of methoxy groups -OCH3 is 1. The van der Waals surface area contributed by atoms with Gasteiger partial charge in [-0.2, -0.15) is 11.3 Å². The SMILES string of the molecule is COc1ccc(S(=O)(=O)NCCc2ccsc2)cc1CN. The van der Waals surface area contributed by atoms with E-state index in [1.807, 2.05) is 16.8 Å². The molecule has 3 N–H and O–H groups in total. The van der Waals surface area contributed by atoms with Gasteiger partial charge in [0, 0.05) is 18.7 Å². The lowest BCUT2D eigenvalue weighted by Gasteiger charge is -2.10. The van der Waals surface area contributed by atoms with E-state index in [1.54, 1.807) is 23.5 Å². The fraction of sp³-hybridized carbons (Fsp3) is 0.286. The lowest BCUT2D eigenvalue weighted by molar-refractivity contribution is 0.409. The smallest absolute Gasteiger partial charge is 0.240 e. The fourth-order valence-corrected chi connectivity index (χ4v) is 3.71. The molecule has 1 aromatic carbocycles. The van der Waals surface area contributed by atoms with Crippen molar-refractivity contribution in [2.45, 2.75) is 17.9 Å². The monoisotopic (exact) mass is 326 g/mol. The van der Waals surface area contributed by atoms with E-state index in [2.05, 4.69) is 4.72 Å². The lowest BCUT2D eigenvalue weighted by Crippen LogP contribution is -2.26. The maximum absolute atomic E-state index is 12.2.